The molecule has 1 aromatic carbocycles. The van der Waals surface area contributed by atoms with Crippen molar-refractivity contribution in [3.63, 3.8) is 0 Å². The zero-order valence-corrected chi connectivity index (χ0v) is 20.9. The summed E-state index contributed by atoms with van der Waals surface area (Å²) in [6.07, 6.45) is 6.94. The summed E-state index contributed by atoms with van der Waals surface area (Å²) in [5.74, 6) is 1.33. The van der Waals surface area contributed by atoms with Gasteiger partial charge in [0.2, 0.25) is 5.91 Å². The lowest BCUT2D eigenvalue weighted by Crippen LogP contribution is -2.39. The van der Waals surface area contributed by atoms with Crippen molar-refractivity contribution in [2.24, 2.45) is 0 Å². The largest absolute Gasteiger partial charge is 0.310 e. The highest BCUT2D eigenvalue weighted by Crippen LogP contribution is 2.38. The van der Waals surface area contributed by atoms with Crippen molar-refractivity contribution in [1.29, 1.82) is 0 Å². The summed E-state index contributed by atoms with van der Waals surface area (Å²) < 4.78 is 1.92. The van der Waals surface area contributed by atoms with Gasteiger partial charge in [0.05, 0.1) is 28.9 Å². The Morgan fingerprint density at radius 2 is 1.97 bits per heavy atom. The topological polar surface area (TPSA) is 89.2 Å². The van der Waals surface area contributed by atoms with Crippen LogP contribution in [0.1, 0.15) is 53.3 Å². The second kappa shape index (κ2) is 9.26. The molecule has 4 aromatic rings. The van der Waals surface area contributed by atoms with Crippen molar-refractivity contribution < 1.29 is 9.59 Å². The number of nitrogens with zero attached hydrogens (tertiary/aromatic N) is 4. The molecular formula is C27H27N5O2S. The van der Waals surface area contributed by atoms with E-state index in [4.69, 9.17) is 0 Å². The van der Waals surface area contributed by atoms with E-state index >= 15 is 0 Å². The summed E-state index contributed by atoms with van der Waals surface area (Å²) in [5.41, 5.74) is 3.71. The number of rotatable bonds is 6. The van der Waals surface area contributed by atoms with Crippen molar-refractivity contribution in [3.8, 4) is 0 Å². The number of imidazole rings is 1. The van der Waals surface area contributed by atoms with Crippen LogP contribution in [0.15, 0.2) is 59.9 Å². The molecule has 0 fully saturated rings. The molecule has 0 saturated carbocycles. The zero-order valence-electron chi connectivity index (χ0n) is 20.0. The SMILES string of the molecule is CCSc1ccc(CC(=O)Nc2ccc3c(n2)CCC(C)(c2nccn4cc(C)nc24)C3=O)cc1. The minimum Gasteiger partial charge on any atom is -0.310 e. The fraction of sp³-hybridized carbons (Fsp3) is 0.296. The number of thioether (sulfide) groups is 1. The van der Waals surface area contributed by atoms with E-state index in [1.807, 2.05) is 54.9 Å². The van der Waals surface area contributed by atoms with Gasteiger partial charge in [0.1, 0.15) is 5.82 Å². The van der Waals surface area contributed by atoms with Crippen LogP contribution in [0.3, 0.4) is 0 Å². The first-order valence-electron chi connectivity index (χ1n) is 11.7. The van der Waals surface area contributed by atoms with E-state index in [2.05, 4.69) is 27.2 Å². The van der Waals surface area contributed by atoms with Crippen LogP contribution in [0.2, 0.25) is 0 Å². The van der Waals surface area contributed by atoms with Crippen LogP contribution in [0, 0.1) is 6.92 Å². The van der Waals surface area contributed by atoms with E-state index in [0.29, 0.717) is 41.3 Å². The van der Waals surface area contributed by atoms with Crippen LogP contribution < -0.4 is 5.32 Å². The van der Waals surface area contributed by atoms with Gasteiger partial charge in [-0.15, -0.1) is 11.8 Å². The minimum atomic E-state index is -0.790. The van der Waals surface area contributed by atoms with Gasteiger partial charge in [-0.3, -0.25) is 14.6 Å². The maximum absolute atomic E-state index is 13.6. The Morgan fingerprint density at radius 1 is 1.17 bits per heavy atom. The van der Waals surface area contributed by atoms with E-state index in [9.17, 15) is 9.59 Å². The van der Waals surface area contributed by atoms with E-state index in [1.54, 1.807) is 30.1 Å². The van der Waals surface area contributed by atoms with Gasteiger partial charge in [-0.25, -0.2) is 9.97 Å². The van der Waals surface area contributed by atoms with E-state index < -0.39 is 5.41 Å². The third-order valence-corrected chi connectivity index (χ3v) is 7.36. The summed E-state index contributed by atoms with van der Waals surface area (Å²) in [4.78, 5) is 41.2. The summed E-state index contributed by atoms with van der Waals surface area (Å²) in [7, 11) is 0. The smallest absolute Gasteiger partial charge is 0.229 e. The van der Waals surface area contributed by atoms with Crippen LogP contribution >= 0.6 is 11.8 Å². The average Bonchev–Trinajstić information content (AvgIpc) is 3.23. The summed E-state index contributed by atoms with van der Waals surface area (Å²) in [5, 5.41) is 2.88. The first-order valence-corrected chi connectivity index (χ1v) is 12.7. The molecule has 8 heteroatoms. The number of amides is 1. The number of ketones is 1. The number of aryl methyl sites for hydroxylation is 2. The number of Topliss-reactive ketones (excluding diaryl/α,β-unsaturated/α-hetero) is 1. The van der Waals surface area contributed by atoms with E-state index in [1.165, 1.54) is 4.90 Å². The van der Waals surface area contributed by atoms with Crippen LogP contribution in [0.4, 0.5) is 5.82 Å². The van der Waals surface area contributed by atoms with Crippen molar-refractivity contribution in [3.05, 3.63) is 83.2 Å². The number of hydrogen-bond donors (Lipinski definition) is 1. The second-order valence-corrected chi connectivity index (χ2v) is 10.4. The first-order chi connectivity index (χ1) is 16.9. The minimum absolute atomic E-state index is 0.0181. The molecule has 5 rings (SSSR count). The van der Waals surface area contributed by atoms with E-state index in [0.717, 1.165) is 17.0 Å². The Kier molecular flexibility index (Phi) is 6.15. The third kappa shape index (κ3) is 4.46. The molecule has 0 aliphatic heterocycles. The number of hydrogen-bond acceptors (Lipinski definition) is 6. The number of fused-ring (bicyclic) bond motifs is 2. The van der Waals surface area contributed by atoms with Crippen molar-refractivity contribution >= 4 is 34.9 Å². The van der Waals surface area contributed by atoms with Crippen LogP contribution in [-0.2, 0) is 23.1 Å². The molecule has 35 heavy (non-hydrogen) atoms. The average molecular weight is 486 g/mol. The normalized spacial score (nSPS) is 17.4. The molecule has 1 unspecified atom stereocenters. The lowest BCUT2D eigenvalue weighted by atomic mass is 9.71. The quantitative estimate of drug-likeness (QED) is 0.394. The highest BCUT2D eigenvalue weighted by atomic mass is 32.2. The lowest BCUT2D eigenvalue weighted by molar-refractivity contribution is -0.115. The molecule has 178 valence electrons. The van der Waals surface area contributed by atoms with Gasteiger partial charge in [-0.05, 0) is 62.3 Å². The maximum Gasteiger partial charge on any atom is 0.229 e. The Balaban J connectivity index is 1.33. The molecule has 1 N–H and O–H groups in total. The van der Waals surface area contributed by atoms with Crippen LogP contribution in [-0.4, -0.2) is 36.8 Å². The van der Waals surface area contributed by atoms with Gasteiger partial charge in [0.25, 0.3) is 0 Å². The molecular weight excluding hydrogens is 458 g/mol. The predicted octanol–water partition coefficient (Wildman–Crippen LogP) is 4.81. The Labute approximate surface area is 208 Å². The Bertz CT molecular complexity index is 1430. The summed E-state index contributed by atoms with van der Waals surface area (Å²) in [6, 6.07) is 11.5. The molecule has 0 radical (unpaired) electrons. The summed E-state index contributed by atoms with van der Waals surface area (Å²) >= 11 is 1.77. The lowest BCUT2D eigenvalue weighted by Gasteiger charge is -2.32. The van der Waals surface area contributed by atoms with Gasteiger partial charge in [0.15, 0.2) is 11.4 Å². The number of pyridine rings is 1. The molecule has 1 amide bonds. The van der Waals surface area contributed by atoms with Crippen LogP contribution in [0.5, 0.6) is 0 Å². The first kappa shape index (κ1) is 23.2. The molecule has 1 aliphatic carbocycles. The van der Waals surface area contributed by atoms with Gasteiger partial charge >= 0.3 is 0 Å². The van der Waals surface area contributed by atoms with Crippen molar-refractivity contribution in [2.75, 3.05) is 11.1 Å². The van der Waals surface area contributed by atoms with E-state index in [-0.39, 0.29) is 18.1 Å². The van der Waals surface area contributed by atoms with Gasteiger partial charge in [0, 0.05) is 29.0 Å². The van der Waals surface area contributed by atoms with Crippen LogP contribution in [0.25, 0.3) is 5.65 Å². The van der Waals surface area contributed by atoms with Gasteiger partial charge < -0.3 is 9.72 Å². The maximum atomic E-state index is 13.6. The van der Waals surface area contributed by atoms with Gasteiger partial charge in [-0.1, -0.05) is 19.1 Å². The standard InChI is InChI=1S/C27H27N5O2S/c1-4-35-19-7-5-18(6-8-19)15-23(33)31-22-10-9-20-21(30-22)11-12-27(3,25(20)34)24-26-29-17(2)16-32(26)14-13-28-24/h5-10,13-14,16H,4,11-12,15H2,1-3H3,(H,30,31,33). The Morgan fingerprint density at radius 3 is 2.74 bits per heavy atom. The highest BCUT2D eigenvalue weighted by molar-refractivity contribution is 7.99. The molecule has 1 atom stereocenters. The number of carbonyl (C=O) groups excluding carboxylic acids is 2. The van der Waals surface area contributed by atoms with Crippen molar-refractivity contribution in [1.82, 2.24) is 19.4 Å². The molecule has 0 spiro atoms. The predicted molar refractivity (Wildman–Crippen MR) is 137 cm³/mol. The molecule has 1 aliphatic rings. The Hall–Kier alpha value is -3.52. The number of anilines is 1. The molecule has 3 aromatic heterocycles. The molecule has 3 heterocycles. The molecule has 0 bridgehead atoms. The number of benzene rings is 1. The molecule has 0 saturated heterocycles. The molecule has 7 nitrogen and oxygen atoms in total. The third-order valence-electron chi connectivity index (χ3n) is 6.47. The van der Waals surface area contributed by atoms with Gasteiger partial charge in [-0.2, -0.15) is 0 Å². The number of nitrogens with one attached hydrogen (secondary N) is 1. The number of carbonyl (C=O) groups is 2. The fourth-order valence-electron chi connectivity index (χ4n) is 4.65. The second-order valence-electron chi connectivity index (χ2n) is 9.04. The highest BCUT2D eigenvalue weighted by Gasteiger charge is 2.43. The van der Waals surface area contributed by atoms with Crippen molar-refractivity contribution in [2.45, 2.75) is 50.3 Å². The monoisotopic (exact) mass is 485 g/mol. The zero-order chi connectivity index (χ0) is 24.6. The summed E-state index contributed by atoms with van der Waals surface area (Å²) in [6.45, 7) is 5.98. The number of aromatic nitrogens is 4. The fourth-order valence-corrected chi connectivity index (χ4v) is 5.31.